The fraction of sp³-hybridized carbons (Fsp3) is 0.300. The molecule has 1 nitrogen and oxygen atoms in total. The van der Waals surface area contributed by atoms with Gasteiger partial charge in [-0.1, -0.05) is 17.7 Å². The second-order valence-electron chi connectivity index (χ2n) is 2.68. The molecule has 11 heavy (non-hydrogen) atoms. The lowest BCUT2D eigenvalue weighted by atomic mass is 10.1. The predicted octanol–water partition coefficient (Wildman–Crippen LogP) is 3.03. The van der Waals surface area contributed by atoms with Crippen LogP contribution in [0.4, 0.5) is 5.69 Å². The van der Waals surface area contributed by atoms with Gasteiger partial charge < -0.3 is 0 Å². The van der Waals surface area contributed by atoms with Crippen LogP contribution in [0.2, 0.25) is 0 Å². The first-order valence-corrected chi connectivity index (χ1v) is 3.80. The first-order chi connectivity index (χ1) is 5.24. The number of hydrogen-bond acceptors (Lipinski definition) is 1. The zero-order chi connectivity index (χ0) is 8.27. The van der Waals surface area contributed by atoms with Crippen LogP contribution >= 0.6 is 0 Å². The average Bonchev–Trinajstić information content (AvgIpc) is 1.95. The Balaban J connectivity index is 3.09. The monoisotopic (exact) mass is 147 g/mol. The quantitative estimate of drug-likeness (QED) is 0.541. The van der Waals surface area contributed by atoms with Crippen LogP contribution < -0.4 is 0 Å². The van der Waals surface area contributed by atoms with Crippen LogP contribution in [0.5, 0.6) is 0 Å². The van der Waals surface area contributed by atoms with Gasteiger partial charge in [0.25, 0.3) is 0 Å². The first-order valence-electron chi connectivity index (χ1n) is 3.80. The summed E-state index contributed by atoms with van der Waals surface area (Å²) >= 11 is 0. The molecule has 0 atom stereocenters. The lowest BCUT2D eigenvalue weighted by molar-refractivity contribution is 1.35. The van der Waals surface area contributed by atoms with Gasteiger partial charge in [-0.15, -0.1) is 0 Å². The molecule has 0 aromatic heterocycles. The minimum absolute atomic E-state index is 1.07. The van der Waals surface area contributed by atoms with Gasteiger partial charge in [-0.05, 0) is 32.4 Å². The molecule has 1 rings (SSSR count). The van der Waals surface area contributed by atoms with Crippen molar-refractivity contribution in [1.82, 2.24) is 0 Å². The molecule has 0 aliphatic heterocycles. The van der Waals surface area contributed by atoms with Crippen molar-refractivity contribution < 1.29 is 0 Å². The normalized spacial score (nSPS) is 10.8. The van der Waals surface area contributed by atoms with Crippen molar-refractivity contribution in [3.8, 4) is 0 Å². The second kappa shape index (κ2) is 3.33. The van der Waals surface area contributed by atoms with Crippen LogP contribution in [0.15, 0.2) is 23.2 Å². The lowest BCUT2D eigenvalue weighted by Gasteiger charge is -1.99. The molecular formula is C10H13N. The lowest BCUT2D eigenvalue weighted by Crippen LogP contribution is -1.76. The Morgan fingerprint density at radius 3 is 2.55 bits per heavy atom. The number of aryl methyl sites for hydroxylation is 2. The third-order valence-corrected chi connectivity index (χ3v) is 1.62. The maximum absolute atomic E-state index is 4.22. The minimum Gasteiger partial charge on any atom is -0.261 e. The molecule has 0 radical (unpaired) electrons. The molecule has 0 bridgehead atoms. The van der Waals surface area contributed by atoms with Gasteiger partial charge in [0.15, 0.2) is 0 Å². The van der Waals surface area contributed by atoms with E-state index in [1.54, 1.807) is 0 Å². The fourth-order valence-electron chi connectivity index (χ4n) is 1.09. The van der Waals surface area contributed by atoms with Crippen molar-refractivity contribution in [2.45, 2.75) is 20.8 Å². The van der Waals surface area contributed by atoms with Gasteiger partial charge in [0.05, 0.1) is 5.69 Å². The van der Waals surface area contributed by atoms with Crippen molar-refractivity contribution in [1.29, 1.82) is 0 Å². The van der Waals surface area contributed by atoms with Crippen LogP contribution in [-0.4, -0.2) is 6.21 Å². The van der Waals surface area contributed by atoms with E-state index in [2.05, 4.69) is 31.0 Å². The Kier molecular flexibility index (Phi) is 2.42. The Morgan fingerprint density at radius 2 is 2.00 bits per heavy atom. The molecule has 0 spiro atoms. The van der Waals surface area contributed by atoms with Crippen molar-refractivity contribution in [2.24, 2.45) is 4.99 Å². The van der Waals surface area contributed by atoms with Crippen molar-refractivity contribution in [2.75, 3.05) is 0 Å². The fourth-order valence-corrected chi connectivity index (χ4v) is 1.09. The second-order valence-corrected chi connectivity index (χ2v) is 2.68. The van der Waals surface area contributed by atoms with Crippen molar-refractivity contribution in [3.63, 3.8) is 0 Å². The van der Waals surface area contributed by atoms with E-state index >= 15 is 0 Å². The highest BCUT2D eigenvalue weighted by Gasteiger charge is 1.93. The molecule has 1 heteroatoms. The molecule has 0 N–H and O–H groups in total. The summed E-state index contributed by atoms with van der Waals surface area (Å²) < 4.78 is 0. The number of nitrogens with zero attached hydrogens (tertiary/aromatic N) is 1. The molecular weight excluding hydrogens is 134 g/mol. The Labute approximate surface area is 67.8 Å². The molecule has 58 valence electrons. The highest BCUT2D eigenvalue weighted by Crippen LogP contribution is 2.18. The summed E-state index contributed by atoms with van der Waals surface area (Å²) in [6.07, 6.45) is 1.82. The molecule has 0 saturated carbocycles. The number of aliphatic imine (C=N–C) groups is 1. The average molecular weight is 147 g/mol. The molecule has 0 unspecified atom stereocenters. The predicted molar refractivity (Wildman–Crippen MR) is 49.7 cm³/mol. The van der Waals surface area contributed by atoms with E-state index in [0.717, 1.165) is 5.69 Å². The Morgan fingerprint density at radius 1 is 1.27 bits per heavy atom. The first kappa shape index (κ1) is 7.99. The van der Waals surface area contributed by atoms with Crippen LogP contribution in [-0.2, 0) is 0 Å². The van der Waals surface area contributed by atoms with Crippen molar-refractivity contribution in [3.05, 3.63) is 29.3 Å². The largest absolute Gasteiger partial charge is 0.261 e. The summed E-state index contributed by atoms with van der Waals surface area (Å²) in [4.78, 5) is 4.22. The van der Waals surface area contributed by atoms with E-state index in [-0.39, 0.29) is 0 Å². The van der Waals surface area contributed by atoms with Gasteiger partial charge in [0, 0.05) is 6.21 Å². The van der Waals surface area contributed by atoms with Crippen LogP contribution in [0.25, 0.3) is 0 Å². The molecule has 1 aromatic carbocycles. The summed E-state index contributed by atoms with van der Waals surface area (Å²) in [5, 5.41) is 0. The smallest absolute Gasteiger partial charge is 0.0654 e. The molecule has 0 fully saturated rings. The van der Waals surface area contributed by atoms with Crippen LogP contribution in [0.1, 0.15) is 18.1 Å². The maximum atomic E-state index is 4.22. The number of hydrogen-bond donors (Lipinski definition) is 0. The molecule has 0 heterocycles. The number of rotatable bonds is 1. The highest BCUT2D eigenvalue weighted by atomic mass is 14.7. The van der Waals surface area contributed by atoms with Crippen molar-refractivity contribution >= 4 is 11.9 Å². The zero-order valence-corrected chi connectivity index (χ0v) is 7.26. The SMILES string of the molecule is C/C=N/c1ccc(C)cc1C. The molecule has 0 aliphatic carbocycles. The minimum atomic E-state index is 1.07. The highest BCUT2D eigenvalue weighted by molar-refractivity contribution is 5.62. The summed E-state index contributed by atoms with van der Waals surface area (Å²) in [5.41, 5.74) is 3.60. The van der Waals surface area contributed by atoms with Gasteiger partial charge in [0.2, 0.25) is 0 Å². The Hall–Kier alpha value is -1.11. The third kappa shape index (κ3) is 1.90. The summed E-state index contributed by atoms with van der Waals surface area (Å²) in [6.45, 7) is 6.10. The standard InChI is InChI=1S/C10H13N/c1-4-11-10-6-5-8(2)7-9(10)3/h4-7H,1-3H3/b11-4+. The van der Waals surface area contributed by atoms with Crippen LogP contribution in [0, 0.1) is 13.8 Å². The van der Waals surface area contributed by atoms with E-state index in [0.29, 0.717) is 0 Å². The zero-order valence-electron chi connectivity index (χ0n) is 7.26. The molecule has 0 aliphatic rings. The van der Waals surface area contributed by atoms with E-state index in [4.69, 9.17) is 0 Å². The van der Waals surface area contributed by atoms with Gasteiger partial charge in [-0.3, -0.25) is 4.99 Å². The summed E-state index contributed by atoms with van der Waals surface area (Å²) in [7, 11) is 0. The summed E-state index contributed by atoms with van der Waals surface area (Å²) in [5.74, 6) is 0. The van der Waals surface area contributed by atoms with E-state index in [1.807, 2.05) is 19.2 Å². The topological polar surface area (TPSA) is 12.4 Å². The van der Waals surface area contributed by atoms with E-state index in [9.17, 15) is 0 Å². The molecule has 0 saturated heterocycles. The van der Waals surface area contributed by atoms with Gasteiger partial charge in [-0.25, -0.2) is 0 Å². The molecule has 0 amide bonds. The third-order valence-electron chi connectivity index (χ3n) is 1.62. The van der Waals surface area contributed by atoms with E-state index in [1.165, 1.54) is 11.1 Å². The molecule has 1 aromatic rings. The van der Waals surface area contributed by atoms with Gasteiger partial charge in [0.1, 0.15) is 0 Å². The Bertz CT molecular complexity index is 274. The van der Waals surface area contributed by atoms with E-state index < -0.39 is 0 Å². The maximum Gasteiger partial charge on any atom is 0.0654 e. The van der Waals surface area contributed by atoms with Crippen LogP contribution in [0.3, 0.4) is 0 Å². The van der Waals surface area contributed by atoms with Gasteiger partial charge in [-0.2, -0.15) is 0 Å². The number of benzene rings is 1. The summed E-state index contributed by atoms with van der Waals surface area (Å²) in [6, 6.07) is 6.27. The van der Waals surface area contributed by atoms with Gasteiger partial charge >= 0.3 is 0 Å².